The number of anilines is 1. The molecule has 4 nitrogen and oxygen atoms in total. The quantitative estimate of drug-likeness (QED) is 0.888. The van der Waals surface area contributed by atoms with Gasteiger partial charge in [0.2, 0.25) is 0 Å². The van der Waals surface area contributed by atoms with Crippen molar-refractivity contribution in [2.45, 2.75) is 57.5 Å². The van der Waals surface area contributed by atoms with Gasteiger partial charge in [-0.2, -0.15) is 0 Å². The number of rotatable bonds is 5. The summed E-state index contributed by atoms with van der Waals surface area (Å²) in [6, 6.07) is 0. The maximum absolute atomic E-state index is 6.02. The van der Waals surface area contributed by atoms with E-state index < -0.39 is 0 Å². The number of ether oxygens (including phenoxy) is 1. The Balaban J connectivity index is 2.34. The van der Waals surface area contributed by atoms with Crippen molar-refractivity contribution >= 4 is 21.7 Å². The molecule has 1 atom stereocenters. The number of methoxy groups -OCH3 is 1. The molecular weight excluding hydrogens is 306 g/mol. The molecule has 1 saturated carbocycles. The second-order valence-electron chi connectivity index (χ2n) is 5.16. The molecule has 2 rings (SSSR count). The molecule has 5 heteroatoms. The topological polar surface area (TPSA) is 61.0 Å². The fraction of sp³-hybridized carbons (Fsp3) is 0.714. The van der Waals surface area contributed by atoms with Crippen molar-refractivity contribution in [2.24, 2.45) is 0 Å². The van der Waals surface area contributed by atoms with Crippen molar-refractivity contribution in [3.8, 4) is 0 Å². The van der Waals surface area contributed by atoms with Gasteiger partial charge in [-0.15, -0.1) is 0 Å². The molecular formula is C14H22BrN3O. The van der Waals surface area contributed by atoms with Gasteiger partial charge in [-0.25, -0.2) is 9.97 Å². The Kier molecular flexibility index (Phi) is 5.16. The molecule has 1 aromatic heterocycles. The van der Waals surface area contributed by atoms with Crippen LogP contribution in [0.5, 0.6) is 0 Å². The van der Waals surface area contributed by atoms with E-state index in [1.807, 2.05) is 0 Å². The summed E-state index contributed by atoms with van der Waals surface area (Å²) in [6.45, 7) is 2.13. The standard InChI is InChI=1S/C14H22BrN3O/c1-3-6-10(19-2)14-17-12(9-7-4-5-8-9)11(15)13(16)18-14/h9-10H,3-8H2,1-2H3,(H2,16,17,18). The number of hydrogen-bond donors (Lipinski definition) is 1. The monoisotopic (exact) mass is 327 g/mol. The average molecular weight is 328 g/mol. The molecule has 1 unspecified atom stereocenters. The van der Waals surface area contributed by atoms with E-state index in [4.69, 9.17) is 15.5 Å². The highest BCUT2D eigenvalue weighted by Gasteiger charge is 2.25. The van der Waals surface area contributed by atoms with Gasteiger partial charge in [0.1, 0.15) is 11.9 Å². The largest absolute Gasteiger partial charge is 0.383 e. The smallest absolute Gasteiger partial charge is 0.159 e. The molecule has 1 aliphatic carbocycles. The van der Waals surface area contributed by atoms with Gasteiger partial charge in [0, 0.05) is 13.0 Å². The molecule has 0 spiro atoms. The van der Waals surface area contributed by atoms with Crippen LogP contribution < -0.4 is 5.73 Å². The zero-order valence-electron chi connectivity index (χ0n) is 11.7. The lowest BCUT2D eigenvalue weighted by atomic mass is 10.0. The first-order valence-corrected chi connectivity index (χ1v) is 7.82. The normalized spacial score (nSPS) is 17.8. The molecule has 1 aliphatic rings. The summed E-state index contributed by atoms with van der Waals surface area (Å²) in [7, 11) is 1.71. The van der Waals surface area contributed by atoms with E-state index >= 15 is 0 Å². The number of aromatic nitrogens is 2. The molecule has 0 radical (unpaired) electrons. The van der Waals surface area contributed by atoms with Crippen molar-refractivity contribution in [3.05, 3.63) is 16.0 Å². The third-order valence-electron chi connectivity index (χ3n) is 3.79. The molecule has 19 heavy (non-hydrogen) atoms. The van der Waals surface area contributed by atoms with E-state index in [9.17, 15) is 0 Å². The third-order valence-corrected chi connectivity index (χ3v) is 4.60. The van der Waals surface area contributed by atoms with E-state index in [0.717, 1.165) is 28.8 Å². The van der Waals surface area contributed by atoms with E-state index in [1.54, 1.807) is 7.11 Å². The van der Waals surface area contributed by atoms with Crippen LogP contribution in [0.4, 0.5) is 5.82 Å². The van der Waals surface area contributed by atoms with Gasteiger partial charge in [-0.3, -0.25) is 0 Å². The van der Waals surface area contributed by atoms with Crippen LogP contribution >= 0.6 is 15.9 Å². The molecule has 1 fully saturated rings. The predicted octanol–water partition coefficient (Wildman–Crippen LogP) is 3.97. The summed E-state index contributed by atoms with van der Waals surface area (Å²) in [5.74, 6) is 1.77. The molecule has 0 bridgehead atoms. The summed E-state index contributed by atoms with van der Waals surface area (Å²) in [6.07, 6.45) is 6.84. The maximum atomic E-state index is 6.02. The predicted molar refractivity (Wildman–Crippen MR) is 80.0 cm³/mol. The summed E-state index contributed by atoms with van der Waals surface area (Å²) < 4.78 is 6.36. The molecule has 2 N–H and O–H groups in total. The summed E-state index contributed by atoms with van der Waals surface area (Å²) >= 11 is 3.54. The van der Waals surface area contributed by atoms with Crippen molar-refractivity contribution in [1.82, 2.24) is 9.97 Å². The highest BCUT2D eigenvalue weighted by atomic mass is 79.9. The van der Waals surface area contributed by atoms with Crippen LogP contribution in [-0.4, -0.2) is 17.1 Å². The zero-order chi connectivity index (χ0) is 13.8. The summed E-state index contributed by atoms with van der Waals surface area (Å²) in [5.41, 5.74) is 7.09. The van der Waals surface area contributed by atoms with E-state index in [1.165, 1.54) is 25.7 Å². The highest BCUT2D eigenvalue weighted by molar-refractivity contribution is 9.10. The lowest BCUT2D eigenvalue weighted by Gasteiger charge is -2.18. The molecule has 0 saturated heterocycles. The number of nitrogens with two attached hydrogens (primary N) is 1. The van der Waals surface area contributed by atoms with Crippen LogP contribution in [0.1, 0.15) is 69.0 Å². The van der Waals surface area contributed by atoms with E-state index in [-0.39, 0.29) is 6.10 Å². The fourth-order valence-electron chi connectivity index (χ4n) is 2.73. The first-order chi connectivity index (χ1) is 9.17. The minimum Gasteiger partial charge on any atom is -0.383 e. The van der Waals surface area contributed by atoms with Gasteiger partial charge >= 0.3 is 0 Å². The molecule has 0 amide bonds. The van der Waals surface area contributed by atoms with Gasteiger partial charge in [-0.05, 0) is 35.2 Å². The van der Waals surface area contributed by atoms with Crippen molar-refractivity contribution in [1.29, 1.82) is 0 Å². The summed E-state index contributed by atoms with van der Waals surface area (Å²) in [5, 5.41) is 0. The maximum Gasteiger partial charge on any atom is 0.159 e. The summed E-state index contributed by atoms with van der Waals surface area (Å²) in [4.78, 5) is 9.13. The number of hydrogen-bond acceptors (Lipinski definition) is 4. The number of halogens is 1. The minimum absolute atomic E-state index is 0.0550. The van der Waals surface area contributed by atoms with E-state index in [0.29, 0.717) is 11.7 Å². The third kappa shape index (κ3) is 3.26. The molecule has 0 aliphatic heterocycles. The van der Waals surface area contributed by atoms with Gasteiger partial charge in [0.15, 0.2) is 5.82 Å². The van der Waals surface area contributed by atoms with Crippen LogP contribution in [0, 0.1) is 0 Å². The Hall–Kier alpha value is -0.680. The molecule has 1 aromatic rings. The van der Waals surface area contributed by atoms with Crippen LogP contribution in [0.3, 0.4) is 0 Å². The Morgan fingerprint density at radius 2 is 2.05 bits per heavy atom. The Bertz CT molecular complexity index is 433. The second kappa shape index (κ2) is 6.66. The second-order valence-corrected chi connectivity index (χ2v) is 5.95. The first-order valence-electron chi connectivity index (χ1n) is 7.03. The molecule has 0 aromatic carbocycles. The lowest BCUT2D eigenvalue weighted by molar-refractivity contribution is 0.0874. The highest BCUT2D eigenvalue weighted by Crippen LogP contribution is 2.38. The SMILES string of the molecule is CCCC(OC)c1nc(N)c(Br)c(C2CCCC2)n1. The molecule has 106 valence electrons. The minimum atomic E-state index is -0.0550. The number of nitrogen functional groups attached to an aromatic ring is 1. The van der Waals surface area contributed by atoms with Gasteiger partial charge in [0.05, 0.1) is 10.2 Å². The Labute approximate surface area is 123 Å². The number of nitrogens with zero attached hydrogens (tertiary/aromatic N) is 2. The van der Waals surface area contributed by atoms with Crippen molar-refractivity contribution in [2.75, 3.05) is 12.8 Å². The zero-order valence-corrected chi connectivity index (χ0v) is 13.2. The first kappa shape index (κ1) is 14.7. The van der Waals surface area contributed by atoms with Gasteiger partial charge in [0.25, 0.3) is 0 Å². The van der Waals surface area contributed by atoms with Crippen molar-refractivity contribution < 1.29 is 4.74 Å². The fourth-order valence-corrected chi connectivity index (χ4v) is 3.23. The average Bonchev–Trinajstić information content (AvgIpc) is 2.93. The molecule has 1 heterocycles. The van der Waals surface area contributed by atoms with Crippen LogP contribution in [0.25, 0.3) is 0 Å². The Morgan fingerprint density at radius 1 is 1.37 bits per heavy atom. The van der Waals surface area contributed by atoms with Gasteiger partial charge < -0.3 is 10.5 Å². The van der Waals surface area contributed by atoms with Gasteiger partial charge in [-0.1, -0.05) is 26.2 Å². The lowest BCUT2D eigenvalue weighted by Crippen LogP contribution is -2.12. The Morgan fingerprint density at radius 3 is 2.63 bits per heavy atom. The van der Waals surface area contributed by atoms with Crippen LogP contribution in [0.15, 0.2) is 4.47 Å². The van der Waals surface area contributed by atoms with Crippen LogP contribution in [0.2, 0.25) is 0 Å². The van der Waals surface area contributed by atoms with Crippen LogP contribution in [-0.2, 0) is 4.74 Å². The van der Waals surface area contributed by atoms with Crippen molar-refractivity contribution in [3.63, 3.8) is 0 Å². The van der Waals surface area contributed by atoms with E-state index in [2.05, 4.69) is 27.8 Å².